The van der Waals surface area contributed by atoms with Crippen LogP contribution in [0.5, 0.6) is 0 Å². The van der Waals surface area contributed by atoms with Gasteiger partial charge in [0.2, 0.25) is 0 Å². The Morgan fingerprint density at radius 2 is 1.55 bits per heavy atom. The van der Waals surface area contributed by atoms with Crippen LogP contribution in [-0.4, -0.2) is 4.98 Å². The molecule has 0 N–H and O–H groups in total. The molecule has 0 unspecified atom stereocenters. The third-order valence-electron chi connectivity index (χ3n) is 7.12. The first kappa shape index (κ1) is 23.5. The van der Waals surface area contributed by atoms with E-state index in [1.165, 1.54) is 76.2 Å². The van der Waals surface area contributed by atoms with E-state index in [-0.39, 0.29) is 0 Å². The third-order valence-corrected chi connectivity index (χ3v) is 7.12. The summed E-state index contributed by atoms with van der Waals surface area (Å²) < 4.78 is 0. The van der Waals surface area contributed by atoms with Crippen molar-refractivity contribution in [2.75, 3.05) is 0 Å². The average molecular weight is 417 g/mol. The number of rotatable bonds is 11. The number of nitriles is 1. The van der Waals surface area contributed by atoms with Gasteiger partial charge in [0.05, 0.1) is 5.69 Å². The molecule has 166 valence electrons. The normalized spacial score (nSPS) is 18.6. The Hall–Kier alpha value is -2.14. The number of pyridine rings is 1. The standard InChI is InChI=1S/C29H40N2/c1-3-5-7-9-11-26-20-21-28(31-29(26)22-30)27-18-16-25(17-19-27)24-14-12-23(13-15-24)10-8-6-4-2/h16-21,23-24H,3-15H2,1-2H3. The number of unbranched alkanes of at least 4 members (excludes halogenated alkanes) is 5. The molecule has 1 saturated carbocycles. The monoisotopic (exact) mass is 416 g/mol. The molecule has 1 aliphatic carbocycles. The maximum Gasteiger partial charge on any atom is 0.144 e. The highest BCUT2D eigenvalue weighted by atomic mass is 14.7. The van der Waals surface area contributed by atoms with Gasteiger partial charge in [-0.3, -0.25) is 0 Å². The van der Waals surface area contributed by atoms with E-state index < -0.39 is 0 Å². The van der Waals surface area contributed by atoms with Gasteiger partial charge in [-0.25, -0.2) is 4.98 Å². The van der Waals surface area contributed by atoms with Crippen LogP contribution in [-0.2, 0) is 6.42 Å². The molecule has 2 heteroatoms. The van der Waals surface area contributed by atoms with E-state index in [1.807, 2.05) is 0 Å². The van der Waals surface area contributed by atoms with E-state index in [9.17, 15) is 5.26 Å². The Bertz CT molecular complexity index is 823. The van der Waals surface area contributed by atoms with Crippen molar-refractivity contribution in [2.24, 2.45) is 5.92 Å². The van der Waals surface area contributed by atoms with Crippen molar-refractivity contribution < 1.29 is 0 Å². The predicted molar refractivity (Wildman–Crippen MR) is 131 cm³/mol. The van der Waals surface area contributed by atoms with Crippen molar-refractivity contribution in [1.29, 1.82) is 5.26 Å². The molecule has 0 bridgehead atoms. The van der Waals surface area contributed by atoms with Crippen LogP contribution >= 0.6 is 0 Å². The summed E-state index contributed by atoms with van der Waals surface area (Å²) in [6.07, 6.45) is 16.8. The highest BCUT2D eigenvalue weighted by molar-refractivity contribution is 5.61. The molecule has 1 aromatic carbocycles. The van der Waals surface area contributed by atoms with Gasteiger partial charge in [0.25, 0.3) is 0 Å². The van der Waals surface area contributed by atoms with Crippen LogP contribution in [0.3, 0.4) is 0 Å². The van der Waals surface area contributed by atoms with Gasteiger partial charge in [-0.05, 0) is 67.6 Å². The van der Waals surface area contributed by atoms with E-state index in [2.05, 4.69) is 61.3 Å². The van der Waals surface area contributed by atoms with Crippen LogP contribution < -0.4 is 0 Å². The molecule has 0 saturated heterocycles. The fourth-order valence-corrected chi connectivity index (χ4v) is 5.08. The summed E-state index contributed by atoms with van der Waals surface area (Å²) in [6, 6.07) is 15.5. The van der Waals surface area contributed by atoms with Crippen LogP contribution in [0, 0.1) is 17.2 Å². The zero-order valence-electron chi connectivity index (χ0n) is 19.7. The first-order valence-electron chi connectivity index (χ1n) is 12.8. The molecule has 2 nitrogen and oxygen atoms in total. The minimum Gasteiger partial charge on any atom is -0.237 e. The number of aryl methyl sites for hydroxylation is 1. The van der Waals surface area contributed by atoms with Crippen LogP contribution in [0.4, 0.5) is 0 Å². The summed E-state index contributed by atoms with van der Waals surface area (Å²) in [5.41, 5.74) is 5.20. The van der Waals surface area contributed by atoms with Gasteiger partial charge < -0.3 is 0 Å². The Morgan fingerprint density at radius 1 is 0.839 bits per heavy atom. The topological polar surface area (TPSA) is 36.7 Å². The van der Waals surface area contributed by atoms with Crippen LogP contribution in [0.2, 0.25) is 0 Å². The number of hydrogen-bond donors (Lipinski definition) is 0. The van der Waals surface area contributed by atoms with E-state index in [4.69, 9.17) is 0 Å². The first-order valence-corrected chi connectivity index (χ1v) is 12.8. The summed E-state index contributed by atoms with van der Waals surface area (Å²) in [4.78, 5) is 4.69. The summed E-state index contributed by atoms with van der Waals surface area (Å²) in [7, 11) is 0. The summed E-state index contributed by atoms with van der Waals surface area (Å²) in [5, 5.41) is 9.58. The van der Waals surface area contributed by atoms with E-state index in [0.29, 0.717) is 11.6 Å². The van der Waals surface area contributed by atoms with Crippen molar-refractivity contribution in [3.05, 3.63) is 53.2 Å². The summed E-state index contributed by atoms with van der Waals surface area (Å²) in [6.45, 7) is 4.52. The van der Waals surface area contributed by atoms with E-state index in [0.717, 1.165) is 35.6 Å². The largest absolute Gasteiger partial charge is 0.237 e. The predicted octanol–water partition coefficient (Wildman–Crippen LogP) is 8.60. The second kappa shape index (κ2) is 12.7. The lowest BCUT2D eigenvalue weighted by atomic mass is 9.77. The molecule has 1 fully saturated rings. The number of hydrogen-bond acceptors (Lipinski definition) is 2. The molecule has 1 aliphatic rings. The second-order valence-electron chi connectivity index (χ2n) is 9.46. The third kappa shape index (κ3) is 6.93. The minimum atomic E-state index is 0.597. The molecule has 2 aromatic rings. The van der Waals surface area contributed by atoms with E-state index in [1.54, 1.807) is 0 Å². The fraction of sp³-hybridized carbons (Fsp3) is 0.586. The molecule has 0 aliphatic heterocycles. The van der Waals surface area contributed by atoms with Gasteiger partial charge in [-0.1, -0.05) is 89.1 Å². The quantitative estimate of drug-likeness (QED) is 0.344. The molecule has 3 rings (SSSR count). The highest BCUT2D eigenvalue weighted by Gasteiger charge is 2.22. The SMILES string of the molecule is CCCCCCc1ccc(-c2ccc(C3CCC(CCCCC)CC3)cc2)nc1C#N. The molecule has 31 heavy (non-hydrogen) atoms. The highest BCUT2D eigenvalue weighted by Crippen LogP contribution is 2.38. The average Bonchev–Trinajstić information content (AvgIpc) is 2.82. The Labute approximate surface area is 190 Å². The lowest BCUT2D eigenvalue weighted by molar-refractivity contribution is 0.303. The molecular formula is C29H40N2. The van der Waals surface area contributed by atoms with Crippen LogP contribution in [0.25, 0.3) is 11.3 Å². The number of aromatic nitrogens is 1. The van der Waals surface area contributed by atoms with Gasteiger partial charge in [-0.2, -0.15) is 5.26 Å². The van der Waals surface area contributed by atoms with Crippen molar-refractivity contribution in [3.63, 3.8) is 0 Å². The van der Waals surface area contributed by atoms with Crippen molar-refractivity contribution in [2.45, 2.75) is 103 Å². The maximum atomic E-state index is 9.58. The number of nitrogens with zero attached hydrogens (tertiary/aromatic N) is 2. The second-order valence-corrected chi connectivity index (χ2v) is 9.46. The van der Waals surface area contributed by atoms with Crippen molar-refractivity contribution in [3.8, 4) is 17.3 Å². The maximum absolute atomic E-state index is 9.58. The smallest absolute Gasteiger partial charge is 0.144 e. The van der Waals surface area contributed by atoms with E-state index >= 15 is 0 Å². The Balaban J connectivity index is 1.58. The summed E-state index contributed by atoms with van der Waals surface area (Å²) >= 11 is 0. The molecule has 0 spiro atoms. The van der Waals surface area contributed by atoms with Gasteiger partial charge in [0.1, 0.15) is 11.8 Å². The minimum absolute atomic E-state index is 0.597. The van der Waals surface area contributed by atoms with Crippen LogP contribution in [0.1, 0.15) is 114 Å². The zero-order valence-corrected chi connectivity index (χ0v) is 19.7. The van der Waals surface area contributed by atoms with Gasteiger partial charge in [0, 0.05) is 5.56 Å². The Morgan fingerprint density at radius 3 is 2.23 bits per heavy atom. The van der Waals surface area contributed by atoms with Crippen LogP contribution in [0.15, 0.2) is 36.4 Å². The first-order chi connectivity index (χ1) is 15.2. The Kier molecular flexibility index (Phi) is 9.60. The molecule has 1 aromatic heterocycles. The van der Waals surface area contributed by atoms with Gasteiger partial charge in [-0.15, -0.1) is 0 Å². The number of benzene rings is 1. The lowest BCUT2D eigenvalue weighted by Crippen LogP contribution is -2.13. The van der Waals surface area contributed by atoms with Crippen molar-refractivity contribution >= 4 is 0 Å². The molecule has 1 heterocycles. The van der Waals surface area contributed by atoms with Crippen molar-refractivity contribution in [1.82, 2.24) is 4.98 Å². The molecule has 0 amide bonds. The fourth-order valence-electron chi connectivity index (χ4n) is 5.08. The van der Waals surface area contributed by atoms with Gasteiger partial charge >= 0.3 is 0 Å². The summed E-state index contributed by atoms with van der Waals surface area (Å²) in [5.74, 6) is 1.67. The molecule has 0 radical (unpaired) electrons. The van der Waals surface area contributed by atoms with Gasteiger partial charge in [0.15, 0.2) is 0 Å². The lowest BCUT2D eigenvalue weighted by Gasteiger charge is -2.29. The molecular weight excluding hydrogens is 376 g/mol. The zero-order chi connectivity index (χ0) is 21.9. The molecule has 0 atom stereocenters.